The Morgan fingerprint density at radius 1 is 0.259 bits per heavy atom. The van der Waals surface area contributed by atoms with Crippen molar-refractivity contribution in [1.82, 2.24) is 19.9 Å². The second-order valence-electron chi connectivity index (χ2n) is 26.2. The fourth-order valence-corrected chi connectivity index (χ4v) is 17.5. The average molecular weight is 1120 g/mol. The van der Waals surface area contributed by atoms with Crippen molar-refractivity contribution in [2.45, 2.75) is 152 Å². The quantitative estimate of drug-likeness (QED) is 0.142. The second kappa shape index (κ2) is 21.6. The smallest absolute Gasteiger partial charge is 0.0979 e. The Hall–Kier alpha value is -7.86. The van der Waals surface area contributed by atoms with Gasteiger partial charge in [0.25, 0.3) is 0 Å². The maximum atomic E-state index is 5.56. The van der Waals surface area contributed by atoms with Crippen LogP contribution >= 0.6 is 11.3 Å². The van der Waals surface area contributed by atoms with Crippen LogP contribution in [-0.2, 0) is 0 Å². The molecule has 10 aromatic carbocycles. The second-order valence-corrected chi connectivity index (χ2v) is 27.2. The number of aromatic nitrogens is 4. The summed E-state index contributed by atoms with van der Waals surface area (Å²) in [4.78, 5) is 21.7. The predicted molar refractivity (Wildman–Crippen MR) is 361 cm³/mol. The zero-order valence-electron chi connectivity index (χ0n) is 48.8. The van der Waals surface area contributed by atoms with Crippen molar-refractivity contribution in [3.8, 4) is 44.8 Å². The minimum absolute atomic E-state index is 0.636. The summed E-state index contributed by atoms with van der Waals surface area (Å²) < 4.78 is 2.58. The first-order valence-corrected chi connectivity index (χ1v) is 33.4. The summed E-state index contributed by atoms with van der Waals surface area (Å²) in [6.07, 6.45) is 30.5. The molecule has 13 aromatic rings. The summed E-state index contributed by atoms with van der Waals surface area (Å²) in [6, 6.07) is 61.2. The van der Waals surface area contributed by atoms with Crippen molar-refractivity contribution < 1.29 is 0 Å². The molecule has 3 aromatic heterocycles. The highest BCUT2D eigenvalue weighted by atomic mass is 32.1. The Bertz CT molecular complexity index is 4480. The van der Waals surface area contributed by atoms with Gasteiger partial charge in [-0.25, -0.2) is 9.97 Å². The van der Waals surface area contributed by atoms with Crippen LogP contribution in [0, 0.1) is 0 Å². The standard InChI is InChI=1S/C80H72N4S/c1-5-15-49(16-6-1)55-27-33-63-67(41-55)69-43-57(51-19-9-3-10-20-51)29-35-65(69)79-77(63)81-47-73(83-79)61-25-13-23-53(39-61)59-31-37-75-71(45-59)72-46-60(32-38-76(72)85-75)54-24-14-26-62(40-54)74-48-82-78-64-34-28-56(50-17-7-2-8-18-50)42-68(64)70-44-58(52-21-11-4-12-22-52)30-36-66(70)80(78)84-74/h13-14,23-52H,1-12,15-22H2. The van der Waals surface area contributed by atoms with Crippen LogP contribution in [0.15, 0.2) is 170 Å². The monoisotopic (exact) mass is 1120 g/mol. The molecular weight excluding hydrogens is 1050 g/mol. The van der Waals surface area contributed by atoms with Crippen LogP contribution in [0.1, 0.15) is 174 Å². The topological polar surface area (TPSA) is 51.6 Å². The lowest BCUT2D eigenvalue weighted by molar-refractivity contribution is 0.444. The Labute approximate surface area is 502 Å². The van der Waals surface area contributed by atoms with Crippen LogP contribution in [0.3, 0.4) is 0 Å². The van der Waals surface area contributed by atoms with Gasteiger partial charge in [-0.05, 0) is 177 Å². The van der Waals surface area contributed by atoms with E-state index in [2.05, 4.69) is 158 Å². The minimum Gasteiger partial charge on any atom is -0.252 e. The summed E-state index contributed by atoms with van der Waals surface area (Å²) >= 11 is 1.87. The molecule has 0 spiro atoms. The fraction of sp³-hybridized carbons (Fsp3) is 0.300. The molecule has 0 radical (unpaired) electrons. The highest BCUT2D eigenvalue weighted by Crippen LogP contribution is 2.46. The number of fused-ring (bicyclic) bond motifs is 15. The molecule has 0 saturated heterocycles. The Kier molecular flexibility index (Phi) is 13.1. The van der Waals surface area contributed by atoms with Crippen molar-refractivity contribution in [3.63, 3.8) is 0 Å². The Morgan fingerprint density at radius 2 is 0.576 bits per heavy atom. The highest BCUT2D eigenvalue weighted by molar-refractivity contribution is 7.25. The minimum atomic E-state index is 0.636. The van der Waals surface area contributed by atoms with Crippen molar-refractivity contribution >= 4 is 96.7 Å². The lowest BCUT2D eigenvalue weighted by atomic mass is 9.81. The molecule has 4 nitrogen and oxygen atoms in total. The van der Waals surface area contributed by atoms with E-state index in [1.807, 2.05) is 23.7 Å². The van der Waals surface area contributed by atoms with Gasteiger partial charge in [0, 0.05) is 52.8 Å². The van der Waals surface area contributed by atoms with Crippen molar-refractivity contribution in [3.05, 3.63) is 192 Å². The normalized spacial score (nSPS) is 17.2. The van der Waals surface area contributed by atoms with Crippen LogP contribution in [0.25, 0.3) is 130 Å². The van der Waals surface area contributed by atoms with Crippen LogP contribution in [-0.4, -0.2) is 19.9 Å². The summed E-state index contributed by atoms with van der Waals surface area (Å²) in [7, 11) is 0. The maximum absolute atomic E-state index is 5.56. The average Bonchev–Trinajstić information content (AvgIpc) is 2.27. The van der Waals surface area contributed by atoms with Gasteiger partial charge < -0.3 is 0 Å². The van der Waals surface area contributed by atoms with Crippen LogP contribution in [0.4, 0.5) is 0 Å². The zero-order chi connectivity index (χ0) is 56.0. The third-order valence-corrected chi connectivity index (χ3v) is 22.2. The van der Waals surface area contributed by atoms with Gasteiger partial charge in [-0.3, -0.25) is 9.97 Å². The van der Waals surface area contributed by atoms with E-state index >= 15 is 0 Å². The predicted octanol–water partition coefficient (Wildman–Crippen LogP) is 23.4. The van der Waals surface area contributed by atoms with Crippen LogP contribution in [0.5, 0.6) is 0 Å². The molecule has 85 heavy (non-hydrogen) atoms. The van der Waals surface area contributed by atoms with Gasteiger partial charge in [-0.2, -0.15) is 0 Å². The lowest BCUT2D eigenvalue weighted by Crippen LogP contribution is -2.05. The first-order valence-electron chi connectivity index (χ1n) is 32.6. The molecule has 0 aliphatic heterocycles. The van der Waals surface area contributed by atoms with E-state index < -0.39 is 0 Å². The zero-order valence-corrected chi connectivity index (χ0v) is 49.6. The van der Waals surface area contributed by atoms with E-state index in [1.54, 1.807) is 0 Å². The van der Waals surface area contributed by atoms with Gasteiger partial charge in [0.05, 0.1) is 45.8 Å². The van der Waals surface area contributed by atoms with Gasteiger partial charge in [0.15, 0.2) is 0 Å². The van der Waals surface area contributed by atoms with E-state index in [4.69, 9.17) is 19.9 Å². The molecule has 4 aliphatic rings. The number of hydrogen-bond acceptors (Lipinski definition) is 5. The first-order chi connectivity index (χ1) is 42.1. The molecule has 4 saturated carbocycles. The molecule has 3 heterocycles. The SMILES string of the molecule is c1cc(-c2ccc3sc4ccc(-c5cccc(-c6cnc7c8ccc(C9CCCCC9)cc8c8cc(C9CCCCC9)ccc8c7n6)c5)cc4c3c2)cc(-c2cnc3c4ccc(C5CCCCC5)cc4c4cc(C5CCCCC5)ccc4c3n2)c1. The molecule has 0 atom stereocenters. The first kappa shape index (κ1) is 51.6. The molecular formula is C80H72N4S. The number of benzene rings is 10. The Balaban J connectivity index is 0.709. The largest absolute Gasteiger partial charge is 0.252 e. The number of rotatable bonds is 8. The summed E-state index contributed by atoms with van der Waals surface area (Å²) in [6.45, 7) is 0. The molecule has 0 unspecified atom stereocenters. The molecule has 5 heteroatoms. The molecule has 0 amide bonds. The van der Waals surface area contributed by atoms with Gasteiger partial charge >= 0.3 is 0 Å². The number of thiophene rings is 1. The molecule has 0 bridgehead atoms. The Morgan fingerprint density at radius 3 is 0.929 bits per heavy atom. The fourth-order valence-electron chi connectivity index (χ4n) is 16.4. The number of hydrogen-bond donors (Lipinski definition) is 0. The third-order valence-electron chi connectivity index (χ3n) is 21.1. The van der Waals surface area contributed by atoms with Crippen LogP contribution < -0.4 is 0 Å². The van der Waals surface area contributed by atoms with E-state index in [0.29, 0.717) is 23.7 Å². The van der Waals surface area contributed by atoms with E-state index in [0.717, 1.165) is 44.6 Å². The lowest BCUT2D eigenvalue weighted by Gasteiger charge is -2.24. The highest BCUT2D eigenvalue weighted by Gasteiger charge is 2.24. The summed E-state index contributed by atoms with van der Waals surface area (Å²) in [5, 5.41) is 12.8. The van der Waals surface area contributed by atoms with E-state index in [1.165, 1.54) is 236 Å². The van der Waals surface area contributed by atoms with E-state index in [-0.39, 0.29) is 0 Å². The van der Waals surface area contributed by atoms with Gasteiger partial charge in [-0.1, -0.05) is 198 Å². The summed E-state index contributed by atoms with van der Waals surface area (Å²) in [5.74, 6) is 2.56. The number of nitrogens with zero attached hydrogens (tertiary/aromatic N) is 4. The molecule has 4 fully saturated rings. The maximum Gasteiger partial charge on any atom is 0.0979 e. The van der Waals surface area contributed by atoms with Gasteiger partial charge in [0.1, 0.15) is 0 Å². The molecule has 418 valence electrons. The van der Waals surface area contributed by atoms with Crippen LogP contribution in [0.2, 0.25) is 0 Å². The summed E-state index contributed by atoms with van der Waals surface area (Å²) in [5.41, 5.74) is 18.7. The third kappa shape index (κ3) is 9.30. The van der Waals surface area contributed by atoms with Crippen molar-refractivity contribution in [2.75, 3.05) is 0 Å². The molecule has 17 rings (SSSR count). The molecule has 4 aliphatic carbocycles. The van der Waals surface area contributed by atoms with Crippen molar-refractivity contribution in [2.24, 2.45) is 0 Å². The van der Waals surface area contributed by atoms with Crippen molar-refractivity contribution in [1.29, 1.82) is 0 Å². The van der Waals surface area contributed by atoms with E-state index in [9.17, 15) is 0 Å². The van der Waals surface area contributed by atoms with Gasteiger partial charge in [-0.15, -0.1) is 11.3 Å². The van der Waals surface area contributed by atoms with Gasteiger partial charge in [0.2, 0.25) is 0 Å². The molecule has 0 N–H and O–H groups in total.